The highest BCUT2D eigenvalue weighted by Gasteiger charge is 2.17. The van der Waals surface area contributed by atoms with Crippen molar-refractivity contribution in [3.8, 4) is 5.75 Å². The lowest BCUT2D eigenvalue weighted by Crippen LogP contribution is -2.16. The number of ether oxygens (including phenoxy) is 4. The van der Waals surface area contributed by atoms with Gasteiger partial charge in [0.25, 0.3) is 0 Å². The van der Waals surface area contributed by atoms with Gasteiger partial charge in [0.1, 0.15) is 17.1 Å². The summed E-state index contributed by atoms with van der Waals surface area (Å²) in [7, 11) is 0. The second-order valence-corrected chi connectivity index (χ2v) is 4.89. The van der Waals surface area contributed by atoms with Crippen molar-refractivity contribution in [2.75, 3.05) is 46.2 Å². The standard InChI is InChI=1S/C15H22O7/c1-11-12-2-3-18-4-5-19-6-7-20-8-9-21-10-13(14(12)16)15(17)22-11/h16H,2-10H2,1H3. The third-order valence-corrected chi connectivity index (χ3v) is 3.35. The fraction of sp³-hybridized carbons (Fsp3) is 0.667. The molecule has 2 heterocycles. The van der Waals surface area contributed by atoms with E-state index in [1.807, 2.05) is 0 Å². The normalized spacial score (nSPS) is 19.0. The van der Waals surface area contributed by atoms with Crippen LogP contribution in [0.2, 0.25) is 0 Å². The molecular weight excluding hydrogens is 292 g/mol. The van der Waals surface area contributed by atoms with Gasteiger partial charge < -0.3 is 28.5 Å². The highest BCUT2D eigenvalue weighted by molar-refractivity contribution is 5.39. The maximum atomic E-state index is 11.8. The molecule has 0 radical (unpaired) electrons. The Morgan fingerprint density at radius 3 is 2.00 bits per heavy atom. The van der Waals surface area contributed by atoms with Crippen LogP contribution in [0.25, 0.3) is 0 Å². The molecule has 1 aliphatic heterocycles. The molecule has 0 amide bonds. The zero-order chi connectivity index (χ0) is 15.8. The Kier molecular flexibility index (Phi) is 6.85. The molecule has 0 unspecified atom stereocenters. The molecule has 7 nitrogen and oxygen atoms in total. The summed E-state index contributed by atoms with van der Waals surface area (Å²) in [6, 6.07) is 0. The van der Waals surface area contributed by atoms with Crippen LogP contribution in [0.15, 0.2) is 9.21 Å². The molecule has 0 aliphatic carbocycles. The minimum atomic E-state index is -0.574. The zero-order valence-electron chi connectivity index (χ0n) is 12.8. The van der Waals surface area contributed by atoms with Gasteiger partial charge in [-0.2, -0.15) is 0 Å². The lowest BCUT2D eigenvalue weighted by Gasteiger charge is -2.13. The lowest BCUT2D eigenvalue weighted by atomic mass is 10.1. The summed E-state index contributed by atoms with van der Waals surface area (Å²) in [4.78, 5) is 11.8. The number of rotatable bonds is 0. The molecular formula is C15H22O7. The molecule has 0 aromatic carbocycles. The van der Waals surface area contributed by atoms with Gasteiger partial charge in [-0.15, -0.1) is 0 Å². The van der Waals surface area contributed by atoms with Crippen molar-refractivity contribution in [3.05, 3.63) is 27.3 Å². The molecule has 124 valence electrons. The number of aromatic hydroxyl groups is 1. The third-order valence-electron chi connectivity index (χ3n) is 3.35. The molecule has 0 atom stereocenters. The second kappa shape index (κ2) is 8.89. The summed E-state index contributed by atoms with van der Waals surface area (Å²) in [6.45, 7) is 4.69. The third kappa shape index (κ3) is 4.81. The van der Waals surface area contributed by atoms with Crippen molar-refractivity contribution < 1.29 is 28.5 Å². The van der Waals surface area contributed by atoms with Gasteiger partial charge in [-0.1, -0.05) is 0 Å². The number of hydrogen-bond donors (Lipinski definition) is 1. The van der Waals surface area contributed by atoms with Crippen molar-refractivity contribution in [1.29, 1.82) is 0 Å². The van der Waals surface area contributed by atoms with Crippen LogP contribution in [0.4, 0.5) is 0 Å². The van der Waals surface area contributed by atoms with Gasteiger partial charge >= 0.3 is 5.63 Å². The van der Waals surface area contributed by atoms with E-state index in [-0.39, 0.29) is 17.9 Å². The molecule has 0 fully saturated rings. The maximum Gasteiger partial charge on any atom is 0.345 e. The molecule has 0 saturated carbocycles. The molecule has 1 aliphatic rings. The lowest BCUT2D eigenvalue weighted by molar-refractivity contribution is -0.00500. The Bertz CT molecular complexity index is 523. The van der Waals surface area contributed by atoms with Crippen LogP contribution in [0.1, 0.15) is 16.9 Å². The average molecular weight is 314 g/mol. The molecule has 22 heavy (non-hydrogen) atoms. The Hall–Kier alpha value is -1.41. The number of fused-ring (bicyclic) bond motifs is 2. The van der Waals surface area contributed by atoms with E-state index in [0.29, 0.717) is 64.0 Å². The fourth-order valence-corrected chi connectivity index (χ4v) is 2.14. The molecule has 7 heteroatoms. The largest absolute Gasteiger partial charge is 0.507 e. The van der Waals surface area contributed by atoms with Crippen LogP contribution in [0.3, 0.4) is 0 Å². The minimum absolute atomic E-state index is 0.0117. The molecule has 1 aromatic rings. The highest BCUT2D eigenvalue weighted by atomic mass is 16.6. The first kappa shape index (κ1) is 17.0. The van der Waals surface area contributed by atoms with Crippen LogP contribution < -0.4 is 5.63 Å². The molecule has 0 spiro atoms. The van der Waals surface area contributed by atoms with Gasteiger partial charge in [0.15, 0.2) is 0 Å². The van der Waals surface area contributed by atoms with Crippen LogP contribution >= 0.6 is 0 Å². The van der Waals surface area contributed by atoms with E-state index in [4.69, 9.17) is 23.4 Å². The van der Waals surface area contributed by atoms with Gasteiger partial charge in [-0.3, -0.25) is 0 Å². The monoisotopic (exact) mass is 314 g/mol. The van der Waals surface area contributed by atoms with Crippen molar-refractivity contribution in [3.63, 3.8) is 0 Å². The Labute approximate surface area is 128 Å². The smallest absolute Gasteiger partial charge is 0.345 e. The van der Waals surface area contributed by atoms with Gasteiger partial charge in [0.05, 0.1) is 52.9 Å². The van der Waals surface area contributed by atoms with Gasteiger partial charge in [-0.05, 0) is 6.92 Å². The summed E-state index contributed by atoms with van der Waals surface area (Å²) in [5.41, 5.74) is 0.133. The first-order valence-electron chi connectivity index (χ1n) is 7.35. The van der Waals surface area contributed by atoms with Crippen LogP contribution in [0, 0.1) is 6.92 Å². The highest BCUT2D eigenvalue weighted by Crippen LogP contribution is 2.24. The van der Waals surface area contributed by atoms with E-state index in [9.17, 15) is 9.90 Å². The Morgan fingerprint density at radius 2 is 1.36 bits per heavy atom. The second-order valence-electron chi connectivity index (χ2n) is 4.89. The molecule has 1 aromatic heterocycles. The van der Waals surface area contributed by atoms with E-state index >= 15 is 0 Å². The predicted octanol–water partition coefficient (Wildman–Crippen LogP) is 0.776. The van der Waals surface area contributed by atoms with Crippen LogP contribution in [-0.4, -0.2) is 51.4 Å². The Balaban J connectivity index is 2.10. The summed E-state index contributed by atoms with van der Waals surface area (Å²) >= 11 is 0. The van der Waals surface area contributed by atoms with Gasteiger partial charge in [0, 0.05) is 12.0 Å². The van der Waals surface area contributed by atoms with Crippen LogP contribution in [-0.2, 0) is 32.0 Å². The first-order valence-corrected chi connectivity index (χ1v) is 7.35. The molecule has 1 N–H and O–H groups in total. The Morgan fingerprint density at radius 1 is 0.818 bits per heavy atom. The SMILES string of the molecule is Cc1oc(=O)c2c(O)c1CCOCCOCCOCCOC2. The minimum Gasteiger partial charge on any atom is -0.507 e. The fourth-order valence-electron chi connectivity index (χ4n) is 2.14. The van der Waals surface area contributed by atoms with Gasteiger partial charge in [0.2, 0.25) is 0 Å². The van der Waals surface area contributed by atoms with Crippen molar-refractivity contribution >= 4 is 0 Å². The molecule has 2 rings (SSSR count). The van der Waals surface area contributed by atoms with E-state index in [2.05, 4.69) is 0 Å². The maximum absolute atomic E-state index is 11.8. The summed E-state index contributed by atoms with van der Waals surface area (Å²) in [5, 5.41) is 10.3. The van der Waals surface area contributed by atoms with Gasteiger partial charge in [-0.25, -0.2) is 4.79 Å². The van der Waals surface area contributed by atoms with Crippen molar-refractivity contribution in [2.45, 2.75) is 20.0 Å². The van der Waals surface area contributed by atoms with E-state index in [1.165, 1.54) is 0 Å². The van der Waals surface area contributed by atoms with E-state index < -0.39 is 5.63 Å². The van der Waals surface area contributed by atoms with Crippen LogP contribution in [0.5, 0.6) is 5.75 Å². The van der Waals surface area contributed by atoms with Crippen molar-refractivity contribution in [2.24, 2.45) is 0 Å². The zero-order valence-corrected chi connectivity index (χ0v) is 12.8. The quantitative estimate of drug-likeness (QED) is 0.757. The first-order chi connectivity index (χ1) is 10.7. The number of hydrogen-bond acceptors (Lipinski definition) is 7. The molecule has 2 bridgehead atoms. The van der Waals surface area contributed by atoms with Crippen molar-refractivity contribution in [1.82, 2.24) is 0 Å². The summed E-state index contributed by atoms with van der Waals surface area (Å²) in [5.74, 6) is 0.331. The average Bonchev–Trinajstić information content (AvgIpc) is 2.48. The predicted molar refractivity (Wildman–Crippen MR) is 77.2 cm³/mol. The van der Waals surface area contributed by atoms with E-state index in [1.54, 1.807) is 6.92 Å². The molecule has 0 saturated heterocycles. The summed E-state index contributed by atoms with van der Waals surface area (Å²) < 4.78 is 26.6. The topological polar surface area (TPSA) is 87.4 Å². The summed E-state index contributed by atoms with van der Waals surface area (Å²) in [6.07, 6.45) is 0.456. The van der Waals surface area contributed by atoms with E-state index in [0.717, 1.165) is 0 Å². The number of aryl methyl sites for hydroxylation is 1.